The van der Waals surface area contributed by atoms with E-state index in [9.17, 15) is 14.4 Å². The number of piperazine rings is 1. The zero-order chi connectivity index (χ0) is 34.9. The number of aryl methyl sites for hydroxylation is 1. The number of nitrogens with one attached hydrogen (secondary N) is 2. The normalized spacial score (nSPS) is 13.2. The van der Waals surface area contributed by atoms with Gasteiger partial charge in [-0.2, -0.15) is 0 Å². The number of fused-ring (bicyclic) bond motifs is 1. The van der Waals surface area contributed by atoms with Gasteiger partial charge in [0.1, 0.15) is 29.9 Å². The third-order valence-corrected chi connectivity index (χ3v) is 8.64. The number of unbranched alkanes of at least 4 members (excludes halogenated alkanes) is 1. The summed E-state index contributed by atoms with van der Waals surface area (Å²) in [5.41, 5.74) is 4.89. The van der Waals surface area contributed by atoms with E-state index in [4.69, 9.17) is 14.2 Å². The van der Waals surface area contributed by atoms with Gasteiger partial charge in [-0.3, -0.25) is 9.59 Å². The number of anilines is 2. The van der Waals surface area contributed by atoms with Gasteiger partial charge < -0.3 is 39.2 Å². The minimum absolute atomic E-state index is 0.259. The number of allylic oxidation sites excluding steroid dienone is 1. The average molecular weight is 669 g/mol. The van der Waals surface area contributed by atoms with Gasteiger partial charge in [0.15, 0.2) is 0 Å². The molecule has 0 radical (unpaired) electrons. The number of ether oxygens (including phenoxy) is 3. The number of aromatic nitrogens is 2. The summed E-state index contributed by atoms with van der Waals surface area (Å²) < 4.78 is 16.9. The quantitative estimate of drug-likeness (QED) is 0.140. The number of rotatable bonds is 14. The number of carbonyl (C=O) groups is 2. The lowest BCUT2D eigenvalue weighted by atomic mass is 10.1. The van der Waals surface area contributed by atoms with Crippen molar-refractivity contribution < 1.29 is 28.6 Å². The van der Waals surface area contributed by atoms with Crippen molar-refractivity contribution in [2.45, 2.75) is 32.8 Å². The fraction of sp³-hybridized carbons (Fsp3) is 0.378. The summed E-state index contributed by atoms with van der Waals surface area (Å²) in [6.45, 7) is 6.26. The molecule has 2 N–H and O–H groups in total. The molecule has 1 aliphatic rings. The number of likely N-dealkylation sites (N-methyl/N-ethyl adjacent to an activating group) is 1. The molecule has 12 nitrogen and oxygen atoms in total. The predicted molar refractivity (Wildman–Crippen MR) is 189 cm³/mol. The number of amides is 2. The Morgan fingerprint density at radius 1 is 1.02 bits per heavy atom. The zero-order valence-corrected chi connectivity index (χ0v) is 28.8. The van der Waals surface area contributed by atoms with Gasteiger partial charge in [0, 0.05) is 45.9 Å². The molecule has 1 saturated heterocycles. The highest BCUT2D eigenvalue weighted by atomic mass is 16.5. The van der Waals surface area contributed by atoms with E-state index in [2.05, 4.69) is 38.1 Å². The molecule has 49 heavy (non-hydrogen) atoms. The summed E-state index contributed by atoms with van der Waals surface area (Å²) in [7, 11) is 6.82. The van der Waals surface area contributed by atoms with Crippen molar-refractivity contribution in [3.8, 4) is 11.5 Å². The Morgan fingerprint density at radius 3 is 2.55 bits per heavy atom. The van der Waals surface area contributed by atoms with E-state index in [0.717, 1.165) is 50.3 Å². The maximum Gasteiger partial charge on any atom is 0.259 e. The van der Waals surface area contributed by atoms with Gasteiger partial charge in [-0.05, 0) is 81.3 Å². The maximum absolute atomic E-state index is 13.7. The largest absolute Gasteiger partial charge is 0.496 e. The minimum Gasteiger partial charge on any atom is -0.496 e. The SMILES string of the molecule is COCc1nc2cccc(NC(=O)c3ccc(C(=O)N(C)c4ccc(C)cc4OCCCCC(=C=O)N4CCN(C)CC4)cc3OC)c2[nH]1. The summed E-state index contributed by atoms with van der Waals surface area (Å²) >= 11 is 0. The summed E-state index contributed by atoms with van der Waals surface area (Å²) in [6.07, 6.45) is 2.19. The summed E-state index contributed by atoms with van der Waals surface area (Å²) in [6, 6.07) is 15.9. The molecule has 3 aromatic carbocycles. The molecule has 5 rings (SSSR count). The molecule has 0 atom stereocenters. The number of hydrogen-bond acceptors (Lipinski definition) is 9. The van der Waals surface area contributed by atoms with Crippen LogP contribution in [0.4, 0.5) is 11.4 Å². The van der Waals surface area contributed by atoms with Gasteiger partial charge in [-0.25, -0.2) is 9.78 Å². The molecule has 2 amide bonds. The van der Waals surface area contributed by atoms with Gasteiger partial charge in [0.2, 0.25) is 0 Å². The molecular formula is C37H44N6O6. The van der Waals surface area contributed by atoms with Gasteiger partial charge in [-0.1, -0.05) is 12.1 Å². The van der Waals surface area contributed by atoms with Crippen LogP contribution in [-0.4, -0.2) is 98.6 Å². The first-order chi connectivity index (χ1) is 23.7. The van der Waals surface area contributed by atoms with Crippen molar-refractivity contribution in [3.05, 3.63) is 82.8 Å². The lowest BCUT2D eigenvalue weighted by Crippen LogP contribution is -2.44. The highest BCUT2D eigenvalue weighted by molar-refractivity contribution is 6.11. The van der Waals surface area contributed by atoms with Crippen molar-refractivity contribution in [1.29, 1.82) is 0 Å². The zero-order valence-electron chi connectivity index (χ0n) is 28.8. The standard InChI is InChI=1S/C37H44N6O6/c1-25-12-15-31(33(21-25)49-20-7-6-9-27(23-44)43-18-16-41(2)17-19-43)42(3)37(46)26-13-14-28(32(22-26)48-5)36(45)39-30-11-8-10-29-35(30)40-34(38-29)24-47-4/h8,10-15,21-22H,6-7,9,16-20,24H2,1-5H3,(H,38,40)(H,39,45). The van der Waals surface area contributed by atoms with E-state index in [-0.39, 0.29) is 17.2 Å². The molecule has 12 heteroatoms. The Labute approximate surface area is 286 Å². The van der Waals surface area contributed by atoms with Gasteiger partial charge in [0.25, 0.3) is 11.8 Å². The Bertz CT molecular complexity index is 1840. The van der Waals surface area contributed by atoms with Crippen LogP contribution in [-0.2, 0) is 16.1 Å². The maximum atomic E-state index is 13.7. The second-order valence-corrected chi connectivity index (χ2v) is 12.2. The second kappa shape index (κ2) is 16.3. The fourth-order valence-corrected chi connectivity index (χ4v) is 5.84. The van der Waals surface area contributed by atoms with Crippen molar-refractivity contribution in [2.24, 2.45) is 0 Å². The fourth-order valence-electron chi connectivity index (χ4n) is 5.84. The highest BCUT2D eigenvalue weighted by Crippen LogP contribution is 2.32. The smallest absolute Gasteiger partial charge is 0.259 e. The number of nitrogens with zero attached hydrogens (tertiary/aromatic N) is 4. The van der Waals surface area contributed by atoms with Crippen LogP contribution < -0.4 is 19.7 Å². The van der Waals surface area contributed by atoms with Crippen LogP contribution in [0.15, 0.2) is 60.3 Å². The molecule has 1 aliphatic heterocycles. The number of aromatic amines is 1. The topological polar surface area (TPSA) is 129 Å². The van der Waals surface area contributed by atoms with Gasteiger partial charge >= 0.3 is 0 Å². The van der Waals surface area contributed by atoms with Crippen molar-refractivity contribution in [3.63, 3.8) is 0 Å². The van der Waals surface area contributed by atoms with Crippen LogP contribution in [0.3, 0.4) is 0 Å². The first kappa shape index (κ1) is 35.2. The lowest BCUT2D eigenvalue weighted by Gasteiger charge is -2.34. The highest BCUT2D eigenvalue weighted by Gasteiger charge is 2.22. The van der Waals surface area contributed by atoms with E-state index in [0.29, 0.717) is 59.2 Å². The molecule has 1 aromatic heterocycles. The van der Waals surface area contributed by atoms with E-state index in [1.54, 1.807) is 38.4 Å². The van der Waals surface area contributed by atoms with Crippen LogP contribution in [0.25, 0.3) is 11.0 Å². The third-order valence-electron chi connectivity index (χ3n) is 8.64. The average Bonchev–Trinajstić information content (AvgIpc) is 3.53. The second-order valence-electron chi connectivity index (χ2n) is 12.2. The monoisotopic (exact) mass is 668 g/mol. The first-order valence-corrected chi connectivity index (χ1v) is 16.4. The molecule has 0 spiro atoms. The third kappa shape index (κ3) is 8.47. The first-order valence-electron chi connectivity index (χ1n) is 16.4. The van der Waals surface area contributed by atoms with Gasteiger partial charge in [-0.15, -0.1) is 0 Å². The Hall–Kier alpha value is -5.16. The summed E-state index contributed by atoms with van der Waals surface area (Å²) in [5, 5.41) is 2.93. The van der Waals surface area contributed by atoms with Crippen molar-refractivity contribution >= 4 is 40.2 Å². The van der Waals surface area contributed by atoms with E-state index < -0.39 is 5.91 Å². The molecule has 2 heterocycles. The number of benzene rings is 3. The number of H-pyrrole nitrogens is 1. The van der Waals surface area contributed by atoms with Crippen molar-refractivity contribution in [1.82, 2.24) is 19.8 Å². The van der Waals surface area contributed by atoms with Gasteiger partial charge in [0.05, 0.1) is 47.4 Å². The minimum atomic E-state index is -0.395. The number of imidazole rings is 1. The number of methoxy groups -OCH3 is 2. The molecule has 0 aliphatic carbocycles. The number of para-hydroxylation sites is 1. The van der Waals surface area contributed by atoms with Crippen LogP contribution in [0, 0.1) is 6.92 Å². The molecule has 4 aromatic rings. The molecule has 0 bridgehead atoms. The summed E-state index contributed by atoms with van der Waals surface area (Å²) in [4.78, 5) is 52.3. The van der Waals surface area contributed by atoms with Crippen molar-refractivity contribution in [2.75, 3.05) is 71.3 Å². The van der Waals surface area contributed by atoms with E-state index in [1.807, 2.05) is 37.3 Å². The van der Waals surface area contributed by atoms with Crippen LogP contribution in [0.5, 0.6) is 11.5 Å². The molecule has 0 saturated carbocycles. The van der Waals surface area contributed by atoms with Crippen LogP contribution in [0.1, 0.15) is 51.4 Å². The lowest BCUT2D eigenvalue weighted by molar-refractivity contribution is 0.0987. The molecule has 258 valence electrons. The Balaban J connectivity index is 1.23. The summed E-state index contributed by atoms with van der Waals surface area (Å²) in [5.74, 6) is 2.95. The number of carbonyl (C=O) groups excluding carboxylic acids is 3. The van der Waals surface area contributed by atoms with Crippen LogP contribution in [0.2, 0.25) is 0 Å². The van der Waals surface area contributed by atoms with Crippen LogP contribution >= 0.6 is 0 Å². The van der Waals surface area contributed by atoms with E-state index in [1.165, 1.54) is 12.0 Å². The predicted octanol–water partition coefficient (Wildman–Crippen LogP) is 5.07. The molecular weight excluding hydrogens is 624 g/mol. The Morgan fingerprint density at radius 2 is 1.82 bits per heavy atom. The van der Waals surface area contributed by atoms with E-state index >= 15 is 0 Å². The molecule has 0 unspecified atom stereocenters. The Kier molecular flexibility index (Phi) is 11.7. The molecule has 1 fully saturated rings. The number of hydrogen-bond donors (Lipinski definition) is 2.